The van der Waals surface area contributed by atoms with E-state index < -0.39 is 0 Å². The van der Waals surface area contributed by atoms with Crippen molar-refractivity contribution in [3.8, 4) is 0 Å². The van der Waals surface area contributed by atoms with Crippen molar-refractivity contribution in [1.29, 1.82) is 0 Å². The molecule has 2 aromatic rings. The number of hydrogen-bond acceptors (Lipinski definition) is 3. The lowest BCUT2D eigenvalue weighted by atomic mass is 10.1. The van der Waals surface area contributed by atoms with Gasteiger partial charge in [-0.2, -0.15) is 0 Å². The van der Waals surface area contributed by atoms with E-state index >= 15 is 0 Å². The number of nitrogens with one attached hydrogen (secondary N) is 1. The van der Waals surface area contributed by atoms with Crippen LogP contribution in [0.25, 0.3) is 0 Å². The number of amides is 1. The van der Waals surface area contributed by atoms with Gasteiger partial charge in [-0.05, 0) is 42.0 Å². The molecular formula is C16H18N2OS. The van der Waals surface area contributed by atoms with E-state index in [1.165, 1.54) is 10.5 Å². The van der Waals surface area contributed by atoms with Crippen molar-refractivity contribution in [3.63, 3.8) is 0 Å². The van der Waals surface area contributed by atoms with Gasteiger partial charge in [0, 0.05) is 29.4 Å². The van der Waals surface area contributed by atoms with Crippen molar-refractivity contribution < 1.29 is 4.79 Å². The van der Waals surface area contributed by atoms with Gasteiger partial charge in [0.1, 0.15) is 0 Å². The van der Waals surface area contributed by atoms with Crippen LogP contribution in [0.4, 0.5) is 0 Å². The zero-order chi connectivity index (χ0) is 14.2. The van der Waals surface area contributed by atoms with Crippen LogP contribution in [0.3, 0.4) is 0 Å². The van der Waals surface area contributed by atoms with Gasteiger partial charge in [0.05, 0.1) is 0 Å². The number of rotatable bonds is 6. The van der Waals surface area contributed by atoms with Crippen LogP contribution in [0.15, 0.2) is 53.7 Å². The quantitative estimate of drug-likeness (QED) is 0.829. The minimum absolute atomic E-state index is 0.0504. The summed E-state index contributed by atoms with van der Waals surface area (Å²) in [5.74, 6) is 1.03. The lowest BCUT2D eigenvalue weighted by molar-refractivity contribution is 0.0954. The molecule has 0 unspecified atom stereocenters. The molecule has 1 aromatic heterocycles. The van der Waals surface area contributed by atoms with Gasteiger partial charge in [-0.25, -0.2) is 0 Å². The zero-order valence-electron chi connectivity index (χ0n) is 11.5. The van der Waals surface area contributed by atoms with E-state index in [-0.39, 0.29) is 5.91 Å². The molecule has 0 radical (unpaired) electrons. The molecule has 1 aromatic carbocycles. The number of hydrogen-bond donors (Lipinski definition) is 1. The van der Waals surface area contributed by atoms with Gasteiger partial charge in [0.25, 0.3) is 5.91 Å². The average molecular weight is 286 g/mol. The fourth-order valence-corrected chi connectivity index (χ4v) is 2.51. The molecule has 0 aliphatic rings. The molecule has 1 heterocycles. The Hall–Kier alpha value is -1.81. The standard InChI is InChI=1S/C16H18N2OS/c1-2-20-15-5-3-13(4-6-15)7-12-18-16(19)14-8-10-17-11-9-14/h3-6,8-11H,2,7,12H2,1H3,(H,18,19). The first-order valence-corrected chi connectivity index (χ1v) is 7.68. The topological polar surface area (TPSA) is 42.0 Å². The Morgan fingerprint density at radius 3 is 2.50 bits per heavy atom. The molecule has 0 saturated heterocycles. The summed E-state index contributed by atoms with van der Waals surface area (Å²) in [5.41, 5.74) is 1.88. The molecule has 0 aliphatic heterocycles. The average Bonchev–Trinajstić information content (AvgIpc) is 2.50. The Balaban J connectivity index is 1.79. The Bertz CT molecular complexity index is 540. The molecule has 1 amide bonds. The maximum Gasteiger partial charge on any atom is 0.251 e. The Morgan fingerprint density at radius 1 is 1.15 bits per heavy atom. The third-order valence-corrected chi connectivity index (χ3v) is 3.77. The number of aromatic nitrogens is 1. The monoisotopic (exact) mass is 286 g/mol. The van der Waals surface area contributed by atoms with E-state index in [0.29, 0.717) is 12.1 Å². The van der Waals surface area contributed by atoms with E-state index in [9.17, 15) is 4.79 Å². The molecule has 20 heavy (non-hydrogen) atoms. The number of benzene rings is 1. The second-order valence-electron chi connectivity index (χ2n) is 4.32. The van der Waals surface area contributed by atoms with Crippen LogP contribution in [-0.2, 0) is 6.42 Å². The highest BCUT2D eigenvalue weighted by Crippen LogP contribution is 2.17. The van der Waals surface area contributed by atoms with Crippen LogP contribution in [0.2, 0.25) is 0 Å². The van der Waals surface area contributed by atoms with Gasteiger partial charge in [0.2, 0.25) is 0 Å². The number of carbonyl (C=O) groups is 1. The molecule has 4 heteroatoms. The lowest BCUT2D eigenvalue weighted by Gasteiger charge is -2.06. The van der Waals surface area contributed by atoms with E-state index in [0.717, 1.165) is 12.2 Å². The number of pyridine rings is 1. The van der Waals surface area contributed by atoms with Crippen LogP contribution >= 0.6 is 11.8 Å². The van der Waals surface area contributed by atoms with E-state index in [1.54, 1.807) is 24.5 Å². The van der Waals surface area contributed by atoms with Crippen LogP contribution in [0.5, 0.6) is 0 Å². The Morgan fingerprint density at radius 2 is 1.85 bits per heavy atom. The second kappa shape index (κ2) is 7.70. The summed E-state index contributed by atoms with van der Waals surface area (Å²) in [6.07, 6.45) is 4.09. The summed E-state index contributed by atoms with van der Waals surface area (Å²) >= 11 is 1.83. The molecule has 0 saturated carbocycles. The predicted octanol–water partition coefficient (Wildman–Crippen LogP) is 3.17. The summed E-state index contributed by atoms with van der Waals surface area (Å²) in [5, 5.41) is 2.92. The highest BCUT2D eigenvalue weighted by atomic mass is 32.2. The maximum absolute atomic E-state index is 11.8. The van der Waals surface area contributed by atoms with Crippen LogP contribution in [0.1, 0.15) is 22.8 Å². The number of thioether (sulfide) groups is 1. The fourth-order valence-electron chi connectivity index (χ4n) is 1.84. The first kappa shape index (κ1) is 14.6. The number of carbonyl (C=O) groups excluding carboxylic acids is 1. The van der Waals surface area contributed by atoms with Gasteiger partial charge in [-0.15, -0.1) is 11.8 Å². The van der Waals surface area contributed by atoms with Gasteiger partial charge in [-0.3, -0.25) is 9.78 Å². The van der Waals surface area contributed by atoms with E-state index in [2.05, 4.69) is 41.5 Å². The summed E-state index contributed by atoms with van der Waals surface area (Å²) < 4.78 is 0. The maximum atomic E-state index is 11.8. The minimum Gasteiger partial charge on any atom is -0.352 e. The van der Waals surface area contributed by atoms with Crippen LogP contribution in [0, 0.1) is 0 Å². The molecule has 0 bridgehead atoms. The normalized spacial score (nSPS) is 10.2. The second-order valence-corrected chi connectivity index (χ2v) is 5.66. The van der Waals surface area contributed by atoms with Crippen molar-refractivity contribution in [2.45, 2.75) is 18.2 Å². The SMILES string of the molecule is CCSc1ccc(CCNC(=O)c2ccncc2)cc1. The van der Waals surface area contributed by atoms with E-state index in [1.807, 2.05) is 11.8 Å². The minimum atomic E-state index is -0.0504. The van der Waals surface area contributed by atoms with Crippen molar-refractivity contribution in [3.05, 3.63) is 59.9 Å². The fraction of sp³-hybridized carbons (Fsp3) is 0.250. The van der Waals surface area contributed by atoms with Crippen LogP contribution in [-0.4, -0.2) is 23.2 Å². The summed E-state index contributed by atoms with van der Waals surface area (Å²) in [4.78, 5) is 17.0. The molecular weight excluding hydrogens is 268 g/mol. The highest BCUT2D eigenvalue weighted by molar-refractivity contribution is 7.99. The smallest absolute Gasteiger partial charge is 0.251 e. The Labute approximate surface area is 123 Å². The molecule has 3 nitrogen and oxygen atoms in total. The van der Waals surface area contributed by atoms with Crippen molar-refractivity contribution >= 4 is 17.7 Å². The molecule has 2 rings (SSSR count). The Kier molecular flexibility index (Phi) is 5.62. The molecule has 1 N–H and O–H groups in total. The van der Waals surface area contributed by atoms with Crippen molar-refractivity contribution in [2.24, 2.45) is 0 Å². The van der Waals surface area contributed by atoms with Gasteiger partial charge in [-0.1, -0.05) is 19.1 Å². The number of nitrogens with zero attached hydrogens (tertiary/aromatic N) is 1. The predicted molar refractivity (Wildman–Crippen MR) is 83.1 cm³/mol. The molecule has 0 atom stereocenters. The van der Waals surface area contributed by atoms with Gasteiger partial charge >= 0.3 is 0 Å². The van der Waals surface area contributed by atoms with Crippen molar-refractivity contribution in [2.75, 3.05) is 12.3 Å². The molecule has 104 valence electrons. The van der Waals surface area contributed by atoms with Crippen LogP contribution < -0.4 is 5.32 Å². The van der Waals surface area contributed by atoms with E-state index in [4.69, 9.17) is 0 Å². The third-order valence-electron chi connectivity index (χ3n) is 2.88. The molecule has 0 spiro atoms. The summed E-state index contributed by atoms with van der Waals surface area (Å²) in [6, 6.07) is 11.9. The first-order valence-electron chi connectivity index (χ1n) is 6.69. The van der Waals surface area contributed by atoms with Gasteiger partial charge in [0.15, 0.2) is 0 Å². The van der Waals surface area contributed by atoms with Gasteiger partial charge < -0.3 is 5.32 Å². The molecule has 0 aliphatic carbocycles. The molecule has 0 fully saturated rings. The zero-order valence-corrected chi connectivity index (χ0v) is 12.3. The third kappa shape index (κ3) is 4.38. The summed E-state index contributed by atoms with van der Waals surface area (Å²) in [7, 11) is 0. The first-order chi connectivity index (χ1) is 9.79. The lowest BCUT2D eigenvalue weighted by Crippen LogP contribution is -2.25. The highest BCUT2D eigenvalue weighted by Gasteiger charge is 2.03. The largest absolute Gasteiger partial charge is 0.352 e. The summed E-state index contributed by atoms with van der Waals surface area (Å²) in [6.45, 7) is 2.79. The van der Waals surface area contributed by atoms with Crippen molar-refractivity contribution in [1.82, 2.24) is 10.3 Å².